The molecule has 0 saturated heterocycles. The lowest BCUT2D eigenvalue weighted by Gasteiger charge is -2.58. The molecule has 1 aromatic carbocycles. The Balaban J connectivity index is 1.04. The quantitative estimate of drug-likeness (QED) is 0.169. The SMILES string of the molecule is CC(C)CCCC(C)C1CCC2C3CC=C4CC(OCCNc5ccc(O)c6ncccc56)CCC4(C)C3CCC12C. The molecule has 0 spiro atoms. The predicted octanol–water partition coefficient (Wildman–Crippen LogP) is 9.78. The molecule has 4 aliphatic carbocycles. The average molecular weight is 573 g/mol. The Morgan fingerprint density at radius 3 is 2.71 bits per heavy atom. The van der Waals surface area contributed by atoms with Gasteiger partial charge in [0.1, 0.15) is 11.3 Å². The lowest BCUT2D eigenvalue weighted by atomic mass is 9.47. The van der Waals surface area contributed by atoms with Gasteiger partial charge in [0.25, 0.3) is 0 Å². The third-order valence-electron chi connectivity index (χ3n) is 12.8. The Labute approximate surface area is 255 Å². The molecule has 0 radical (unpaired) electrons. The molecule has 4 heteroatoms. The fourth-order valence-electron chi connectivity index (χ4n) is 10.5. The van der Waals surface area contributed by atoms with Crippen LogP contribution in [0.1, 0.15) is 105 Å². The lowest BCUT2D eigenvalue weighted by molar-refractivity contribution is -0.0632. The first-order valence-corrected chi connectivity index (χ1v) is 17.3. The molecule has 3 fully saturated rings. The molecule has 0 bridgehead atoms. The molecule has 230 valence electrons. The molecule has 2 aromatic rings. The number of anilines is 1. The molecule has 8 unspecified atom stereocenters. The molecular formula is C38H56N2O2. The van der Waals surface area contributed by atoms with Gasteiger partial charge in [-0.25, -0.2) is 0 Å². The predicted molar refractivity (Wildman–Crippen MR) is 175 cm³/mol. The number of benzene rings is 1. The number of fused-ring (bicyclic) bond motifs is 6. The Morgan fingerprint density at radius 2 is 1.88 bits per heavy atom. The highest BCUT2D eigenvalue weighted by atomic mass is 16.5. The van der Waals surface area contributed by atoms with Crippen LogP contribution in [0.3, 0.4) is 0 Å². The van der Waals surface area contributed by atoms with Crippen LogP contribution in [0, 0.1) is 46.3 Å². The van der Waals surface area contributed by atoms with Crippen molar-refractivity contribution in [3.05, 3.63) is 42.1 Å². The van der Waals surface area contributed by atoms with Gasteiger partial charge < -0.3 is 15.2 Å². The van der Waals surface area contributed by atoms with Gasteiger partial charge in [0.2, 0.25) is 0 Å². The Hall–Kier alpha value is -2.07. The van der Waals surface area contributed by atoms with Crippen molar-refractivity contribution in [3.8, 4) is 5.75 Å². The summed E-state index contributed by atoms with van der Waals surface area (Å²) in [4.78, 5) is 4.34. The summed E-state index contributed by atoms with van der Waals surface area (Å²) in [6.45, 7) is 14.1. The largest absolute Gasteiger partial charge is 0.506 e. The lowest BCUT2D eigenvalue weighted by Crippen LogP contribution is -2.51. The normalized spacial score (nSPS) is 34.9. The smallest absolute Gasteiger partial charge is 0.141 e. The zero-order valence-corrected chi connectivity index (χ0v) is 27.0. The first-order chi connectivity index (χ1) is 20.2. The number of nitrogens with one attached hydrogen (secondary N) is 1. The molecule has 4 aliphatic rings. The minimum atomic E-state index is 0.225. The van der Waals surface area contributed by atoms with Gasteiger partial charge in [-0.2, -0.15) is 0 Å². The van der Waals surface area contributed by atoms with E-state index >= 15 is 0 Å². The fourth-order valence-corrected chi connectivity index (χ4v) is 10.5. The Morgan fingerprint density at radius 1 is 1.02 bits per heavy atom. The van der Waals surface area contributed by atoms with Crippen LogP contribution in [0.5, 0.6) is 5.75 Å². The number of nitrogens with zero attached hydrogens (tertiary/aromatic N) is 1. The highest BCUT2D eigenvalue weighted by Gasteiger charge is 2.59. The van der Waals surface area contributed by atoms with Gasteiger partial charge in [0, 0.05) is 23.8 Å². The van der Waals surface area contributed by atoms with Crippen molar-refractivity contribution in [1.29, 1.82) is 0 Å². The standard InChI is InChI=1S/C38H56N2O2/c1-25(2)8-6-9-26(3)31-13-14-32-29-12-11-27-24-28(17-19-37(27,4)33(29)18-20-38(31,32)5)42-23-22-39-34-15-16-35(41)36-30(34)10-7-21-40-36/h7,10-11,15-16,21,25-26,28-29,31-33,39,41H,6,8-9,12-14,17-20,22-24H2,1-5H3. The molecule has 4 nitrogen and oxygen atoms in total. The topological polar surface area (TPSA) is 54.4 Å². The number of phenols is 1. The summed E-state index contributed by atoms with van der Waals surface area (Å²) in [6, 6.07) is 7.57. The molecule has 42 heavy (non-hydrogen) atoms. The second-order valence-electron chi connectivity index (χ2n) is 15.5. The summed E-state index contributed by atoms with van der Waals surface area (Å²) >= 11 is 0. The van der Waals surface area contributed by atoms with E-state index < -0.39 is 0 Å². The molecular weight excluding hydrogens is 516 g/mol. The second kappa shape index (κ2) is 12.1. The number of phenolic OH excluding ortho intramolecular Hbond substituents is 1. The van der Waals surface area contributed by atoms with E-state index in [0.29, 0.717) is 29.1 Å². The summed E-state index contributed by atoms with van der Waals surface area (Å²) in [6.07, 6.45) is 19.7. The van der Waals surface area contributed by atoms with Gasteiger partial charge in [-0.1, -0.05) is 65.5 Å². The number of aromatic hydroxyl groups is 1. The van der Waals surface area contributed by atoms with E-state index in [9.17, 15) is 5.11 Å². The summed E-state index contributed by atoms with van der Waals surface area (Å²) in [7, 11) is 0. The van der Waals surface area contributed by atoms with Crippen LogP contribution in [0.4, 0.5) is 5.69 Å². The van der Waals surface area contributed by atoms with Gasteiger partial charge >= 0.3 is 0 Å². The second-order valence-corrected chi connectivity index (χ2v) is 15.5. The monoisotopic (exact) mass is 572 g/mol. The maximum Gasteiger partial charge on any atom is 0.141 e. The van der Waals surface area contributed by atoms with Crippen molar-refractivity contribution in [2.24, 2.45) is 46.3 Å². The number of hydrogen-bond donors (Lipinski definition) is 2. The highest BCUT2D eigenvalue weighted by molar-refractivity contribution is 5.94. The number of rotatable bonds is 10. The van der Waals surface area contributed by atoms with Crippen LogP contribution < -0.4 is 5.32 Å². The van der Waals surface area contributed by atoms with E-state index in [1.54, 1.807) is 17.8 Å². The average Bonchev–Trinajstić information content (AvgIpc) is 3.33. The van der Waals surface area contributed by atoms with Crippen molar-refractivity contribution in [2.45, 2.75) is 111 Å². The van der Waals surface area contributed by atoms with E-state index in [0.717, 1.165) is 59.5 Å². The molecule has 8 atom stereocenters. The maximum atomic E-state index is 10.1. The van der Waals surface area contributed by atoms with Crippen molar-refractivity contribution in [3.63, 3.8) is 0 Å². The number of aromatic nitrogens is 1. The van der Waals surface area contributed by atoms with Crippen LogP contribution in [-0.4, -0.2) is 29.3 Å². The fraction of sp³-hybridized carbons (Fsp3) is 0.711. The summed E-state index contributed by atoms with van der Waals surface area (Å²) < 4.78 is 6.47. The minimum Gasteiger partial charge on any atom is -0.506 e. The van der Waals surface area contributed by atoms with Crippen LogP contribution in [0.25, 0.3) is 10.9 Å². The number of pyridine rings is 1. The number of ether oxygens (including phenoxy) is 1. The van der Waals surface area contributed by atoms with Gasteiger partial charge in [-0.05, 0) is 122 Å². The van der Waals surface area contributed by atoms with Crippen molar-refractivity contribution in [2.75, 3.05) is 18.5 Å². The zero-order chi connectivity index (χ0) is 29.5. The van der Waals surface area contributed by atoms with E-state index in [1.807, 2.05) is 18.2 Å². The summed E-state index contributed by atoms with van der Waals surface area (Å²) in [5.41, 5.74) is 4.29. The third kappa shape index (κ3) is 5.51. The zero-order valence-electron chi connectivity index (χ0n) is 27.0. The highest BCUT2D eigenvalue weighted by Crippen LogP contribution is 2.67. The first-order valence-electron chi connectivity index (χ1n) is 17.3. The summed E-state index contributed by atoms with van der Waals surface area (Å²) in [5.74, 6) is 5.56. The molecule has 1 heterocycles. The van der Waals surface area contributed by atoms with Crippen molar-refractivity contribution in [1.82, 2.24) is 4.98 Å². The first kappa shape index (κ1) is 30.0. The third-order valence-corrected chi connectivity index (χ3v) is 12.8. The van der Waals surface area contributed by atoms with Crippen molar-refractivity contribution < 1.29 is 9.84 Å². The molecule has 1 aromatic heterocycles. The molecule has 3 saturated carbocycles. The van der Waals surface area contributed by atoms with Crippen LogP contribution in [-0.2, 0) is 4.74 Å². The summed E-state index contributed by atoms with van der Waals surface area (Å²) in [5, 5.41) is 14.6. The molecule has 0 aliphatic heterocycles. The van der Waals surface area contributed by atoms with E-state index in [4.69, 9.17) is 4.74 Å². The van der Waals surface area contributed by atoms with Crippen LogP contribution in [0.2, 0.25) is 0 Å². The van der Waals surface area contributed by atoms with Crippen LogP contribution in [0.15, 0.2) is 42.1 Å². The number of hydrogen-bond acceptors (Lipinski definition) is 4. The van der Waals surface area contributed by atoms with Crippen molar-refractivity contribution >= 4 is 16.6 Å². The van der Waals surface area contributed by atoms with Gasteiger partial charge in [0.05, 0.1) is 12.7 Å². The van der Waals surface area contributed by atoms with Gasteiger partial charge in [-0.3, -0.25) is 4.98 Å². The number of allylic oxidation sites excluding steroid dienone is 1. The van der Waals surface area contributed by atoms with Gasteiger partial charge in [0.15, 0.2) is 0 Å². The molecule has 0 amide bonds. The van der Waals surface area contributed by atoms with E-state index in [-0.39, 0.29) is 5.75 Å². The van der Waals surface area contributed by atoms with E-state index in [1.165, 1.54) is 64.2 Å². The Bertz CT molecular complexity index is 1270. The molecule has 6 rings (SSSR count). The van der Waals surface area contributed by atoms with E-state index in [2.05, 4.69) is 51.0 Å². The Kier molecular flexibility index (Phi) is 8.66. The molecule has 2 N–H and O–H groups in total. The maximum absolute atomic E-state index is 10.1. The van der Waals surface area contributed by atoms with Crippen LogP contribution >= 0.6 is 0 Å². The van der Waals surface area contributed by atoms with Gasteiger partial charge in [-0.15, -0.1) is 0 Å². The minimum absolute atomic E-state index is 0.225.